The summed E-state index contributed by atoms with van der Waals surface area (Å²) in [4.78, 5) is 4.18. The first-order valence-electron chi connectivity index (χ1n) is 7.14. The van der Waals surface area contributed by atoms with Crippen molar-refractivity contribution < 1.29 is 4.74 Å². The van der Waals surface area contributed by atoms with Crippen LogP contribution in [0.4, 0.5) is 0 Å². The SMILES string of the molecule is COc1cc(C2(c3nncn3C)CC3(CC3)C2)cc(Cl)n1. The van der Waals surface area contributed by atoms with Crippen LogP contribution < -0.4 is 4.74 Å². The minimum Gasteiger partial charge on any atom is -0.481 e. The normalized spacial score (nSPS) is 21.1. The number of halogens is 1. The maximum atomic E-state index is 6.17. The fourth-order valence-electron chi connectivity index (χ4n) is 3.82. The zero-order chi connectivity index (χ0) is 14.7. The molecule has 0 bridgehead atoms. The highest BCUT2D eigenvalue weighted by Gasteiger charge is 2.63. The number of pyridine rings is 1. The Hall–Kier alpha value is -1.62. The van der Waals surface area contributed by atoms with Crippen LogP contribution in [0, 0.1) is 5.41 Å². The molecule has 6 heteroatoms. The van der Waals surface area contributed by atoms with E-state index in [1.54, 1.807) is 13.4 Å². The topological polar surface area (TPSA) is 52.8 Å². The van der Waals surface area contributed by atoms with Gasteiger partial charge in [0, 0.05) is 13.1 Å². The van der Waals surface area contributed by atoms with Gasteiger partial charge in [-0.1, -0.05) is 11.6 Å². The lowest BCUT2D eigenvalue weighted by atomic mass is 9.56. The summed E-state index contributed by atoms with van der Waals surface area (Å²) in [6.07, 6.45) is 6.62. The van der Waals surface area contributed by atoms with Gasteiger partial charge in [0.2, 0.25) is 5.88 Å². The van der Waals surface area contributed by atoms with Gasteiger partial charge in [0.05, 0.1) is 12.5 Å². The lowest BCUT2D eigenvalue weighted by molar-refractivity contribution is 0.144. The smallest absolute Gasteiger partial charge is 0.214 e. The molecule has 0 saturated heterocycles. The molecule has 0 aliphatic heterocycles. The summed E-state index contributed by atoms with van der Waals surface area (Å²) in [5, 5.41) is 8.90. The van der Waals surface area contributed by atoms with Crippen molar-refractivity contribution in [2.24, 2.45) is 12.5 Å². The van der Waals surface area contributed by atoms with E-state index in [1.807, 2.05) is 23.7 Å². The van der Waals surface area contributed by atoms with Crippen molar-refractivity contribution >= 4 is 11.6 Å². The molecule has 0 amide bonds. The molecule has 5 nitrogen and oxygen atoms in total. The number of methoxy groups -OCH3 is 1. The summed E-state index contributed by atoms with van der Waals surface area (Å²) in [5.74, 6) is 1.56. The molecule has 0 unspecified atom stereocenters. The van der Waals surface area contributed by atoms with Gasteiger partial charge in [0.25, 0.3) is 0 Å². The molecule has 110 valence electrons. The molecule has 2 aliphatic carbocycles. The van der Waals surface area contributed by atoms with Crippen molar-refractivity contribution in [1.29, 1.82) is 0 Å². The van der Waals surface area contributed by atoms with Crippen molar-refractivity contribution in [2.45, 2.75) is 31.1 Å². The van der Waals surface area contributed by atoms with Crippen molar-refractivity contribution in [3.8, 4) is 5.88 Å². The predicted octanol–water partition coefficient (Wildman–Crippen LogP) is 2.73. The molecule has 2 saturated carbocycles. The Morgan fingerprint density at radius 1 is 1.29 bits per heavy atom. The van der Waals surface area contributed by atoms with Gasteiger partial charge in [-0.15, -0.1) is 10.2 Å². The van der Waals surface area contributed by atoms with E-state index < -0.39 is 0 Å². The number of nitrogens with zero attached hydrogens (tertiary/aromatic N) is 4. The average molecular weight is 305 g/mol. The van der Waals surface area contributed by atoms with Crippen LogP contribution in [-0.4, -0.2) is 26.9 Å². The van der Waals surface area contributed by atoms with E-state index in [2.05, 4.69) is 15.2 Å². The minimum atomic E-state index is -0.110. The van der Waals surface area contributed by atoms with Crippen LogP contribution in [0.1, 0.15) is 37.1 Å². The lowest BCUT2D eigenvalue weighted by Gasteiger charge is -2.48. The highest BCUT2D eigenvalue weighted by molar-refractivity contribution is 6.29. The Bertz CT molecular complexity index is 699. The number of ether oxygens (including phenoxy) is 1. The Kier molecular flexibility index (Phi) is 2.61. The van der Waals surface area contributed by atoms with E-state index in [9.17, 15) is 0 Å². The summed E-state index contributed by atoms with van der Waals surface area (Å²) in [7, 11) is 3.61. The summed E-state index contributed by atoms with van der Waals surface area (Å²) in [5.41, 5.74) is 1.55. The lowest BCUT2D eigenvalue weighted by Crippen LogP contribution is -2.45. The second-order valence-electron chi connectivity index (χ2n) is 6.42. The van der Waals surface area contributed by atoms with Gasteiger partial charge in [-0.3, -0.25) is 0 Å². The number of hydrogen-bond acceptors (Lipinski definition) is 4. The van der Waals surface area contributed by atoms with Crippen LogP contribution >= 0.6 is 11.6 Å². The Balaban J connectivity index is 1.84. The van der Waals surface area contributed by atoms with E-state index >= 15 is 0 Å². The van der Waals surface area contributed by atoms with Gasteiger partial charge < -0.3 is 9.30 Å². The van der Waals surface area contributed by atoms with E-state index in [4.69, 9.17) is 16.3 Å². The molecule has 2 fully saturated rings. The fraction of sp³-hybridized carbons (Fsp3) is 0.533. The van der Waals surface area contributed by atoms with Gasteiger partial charge >= 0.3 is 0 Å². The molecule has 21 heavy (non-hydrogen) atoms. The van der Waals surface area contributed by atoms with Gasteiger partial charge in [0.15, 0.2) is 0 Å². The Labute approximate surface area is 128 Å². The Morgan fingerprint density at radius 2 is 2.05 bits per heavy atom. The van der Waals surface area contributed by atoms with Crippen LogP contribution in [0.15, 0.2) is 18.5 Å². The van der Waals surface area contributed by atoms with Gasteiger partial charge in [-0.05, 0) is 42.7 Å². The van der Waals surface area contributed by atoms with E-state index in [-0.39, 0.29) is 5.41 Å². The van der Waals surface area contributed by atoms with Crippen LogP contribution in [-0.2, 0) is 12.5 Å². The molecule has 0 N–H and O–H groups in total. The second-order valence-corrected chi connectivity index (χ2v) is 6.81. The zero-order valence-electron chi connectivity index (χ0n) is 12.1. The van der Waals surface area contributed by atoms with Gasteiger partial charge in [-0.25, -0.2) is 4.98 Å². The molecule has 2 aliphatic rings. The summed E-state index contributed by atoms with van der Waals surface area (Å²) in [6, 6.07) is 3.92. The van der Waals surface area contributed by atoms with Gasteiger partial charge in [-0.2, -0.15) is 0 Å². The largest absolute Gasteiger partial charge is 0.481 e. The summed E-state index contributed by atoms with van der Waals surface area (Å²) < 4.78 is 7.29. The monoisotopic (exact) mass is 304 g/mol. The molecule has 2 heterocycles. The molecule has 2 aromatic heterocycles. The quantitative estimate of drug-likeness (QED) is 0.818. The van der Waals surface area contributed by atoms with Crippen LogP contribution in [0.25, 0.3) is 0 Å². The first-order valence-corrected chi connectivity index (χ1v) is 7.51. The maximum absolute atomic E-state index is 6.17. The third-order valence-electron chi connectivity index (χ3n) is 4.98. The number of aryl methyl sites for hydroxylation is 1. The van der Waals surface area contributed by atoms with Crippen LogP contribution in [0.2, 0.25) is 5.15 Å². The van der Waals surface area contributed by atoms with Crippen LogP contribution in [0.5, 0.6) is 5.88 Å². The third kappa shape index (κ3) is 1.87. The van der Waals surface area contributed by atoms with Crippen molar-refractivity contribution in [3.05, 3.63) is 35.0 Å². The molecule has 0 radical (unpaired) electrons. The third-order valence-corrected chi connectivity index (χ3v) is 5.18. The van der Waals surface area contributed by atoms with Crippen molar-refractivity contribution in [2.75, 3.05) is 7.11 Å². The summed E-state index contributed by atoms with van der Waals surface area (Å²) in [6.45, 7) is 0. The first kappa shape index (κ1) is 13.1. The molecule has 1 spiro atoms. The minimum absolute atomic E-state index is 0.110. The molecule has 2 aromatic rings. The second kappa shape index (κ2) is 4.19. The highest BCUT2D eigenvalue weighted by atomic mass is 35.5. The highest BCUT2D eigenvalue weighted by Crippen LogP contribution is 2.70. The first-order chi connectivity index (χ1) is 10.1. The molecular weight excluding hydrogens is 288 g/mol. The standard InChI is InChI=1S/C15H17ClN4O/c1-20-9-17-19-13(20)15(7-14(8-15)3-4-14)10-5-11(16)18-12(6-10)21-2/h5-6,9H,3-4,7-8H2,1-2H3. The van der Waals surface area contributed by atoms with Crippen molar-refractivity contribution in [3.63, 3.8) is 0 Å². The molecule has 0 atom stereocenters. The van der Waals surface area contributed by atoms with Gasteiger partial charge in [0.1, 0.15) is 17.3 Å². The maximum Gasteiger partial charge on any atom is 0.214 e. The zero-order valence-corrected chi connectivity index (χ0v) is 12.9. The predicted molar refractivity (Wildman–Crippen MR) is 78.5 cm³/mol. The number of aromatic nitrogens is 4. The van der Waals surface area contributed by atoms with Crippen LogP contribution in [0.3, 0.4) is 0 Å². The molecular formula is C15H17ClN4O. The van der Waals surface area contributed by atoms with E-state index in [0.29, 0.717) is 16.4 Å². The number of hydrogen-bond donors (Lipinski definition) is 0. The van der Waals surface area contributed by atoms with Crippen molar-refractivity contribution in [1.82, 2.24) is 19.7 Å². The average Bonchev–Trinajstić information content (AvgIpc) is 3.11. The molecule has 4 rings (SSSR count). The summed E-state index contributed by atoms with van der Waals surface area (Å²) >= 11 is 6.17. The number of rotatable bonds is 3. The van der Waals surface area contributed by atoms with E-state index in [0.717, 1.165) is 24.2 Å². The fourth-order valence-corrected chi connectivity index (χ4v) is 4.02. The molecule has 0 aromatic carbocycles. The van der Waals surface area contributed by atoms with E-state index in [1.165, 1.54) is 12.8 Å². The Morgan fingerprint density at radius 3 is 2.62 bits per heavy atom.